The van der Waals surface area contributed by atoms with Crippen molar-refractivity contribution in [1.82, 2.24) is 0 Å². The zero-order chi connectivity index (χ0) is 18.4. The van der Waals surface area contributed by atoms with Crippen molar-refractivity contribution in [2.45, 2.75) is 10.6 Å². The number of benzene rings is 2. The van der Waals surface area contributed by atoms with Crippen LogP contribution < -0.4 is 4.74 Å². The molecule has 0 aliphatic carbocycles. The highest BCUT2D eigenvalue weighted by atomic mass is 79.9. The van der Waals surface area contributed by atoms with Crippen molar-refractivity contribution in [2.75, 3.05) is 0 Å². The van der Waals surface area contributed by atoms with Crippen molar-refractivity contribution in [2.24, 2.45) is 0 Å². The molecular weight excluding hydrogens is 535 g/mol. The minimum atomic E-state index is -3.86. The Bertz CT molecular complexity index is 1160. The second-order valence-corrected chi connectivity index (χ2v) is 10.8. The summed E-state index contributed by atoms with van der Waals surface area (Å²) in [4.78, 5) is 12.1. The Morgan fingerprint density at radius 1 is 1.04 bits per heavy atom. The van der Waals surface area contributed by atoms with Gasteiger partial charge in [0.25, 0.3) is 4.74 Å². The summed E-state index contributed by atoms with van der Waals surface area (Å²) in [5.74, 6) is -0.370. The molecule has 0 aliphatic rings. The fraction of sp³-hybridized carbons (Fsp3) is 0.0625. The highest BCUT2D eigenvalue weighted by Crippen LogP contribution is 2.32. The van der Waals surface area contributed by atoms with Gasteiger partial charge in [0.2, 0.25) is 0 Å². The molecule has 3 nitrogen and oxygen atoms in total. The molecule has 3 rings (SSSR count). The first-order valence-electron chi connectivity index (χ1n) is 6.77. The van der Waals surface area contributed by atoms with Crippen molar-refractivity contribution in [1.29, 1.82) is 0 Å². The summed E-state index contributed by atoms with van der Waals surface area (Å²) in [6.45, 7) is 0. The monoisotopic (exact) mass is 540 g/mol. The van der Waals surface area contributed by atoms with E-state index in [2.05, 4.69) is 31.9 Å². The number of halogens is 4. The third kappa shape index (κ3) is 4.12. The van der Waals surface area contributed by atoms with E-state index in [4.69, 9.17) is 23.2 Å². The summed E-state index contributed by atoms with van der Waals surface area (Å²) in [7, 11) is -3.86. The largest absolute Gasteiger partial charge is 0.276 e. The SMILES string of the molecule is O=c1sc2cc(Br)cc(Br)c2cc1S(=O)(=O)Cc1ccc(Cl)cc1Cl. The number of rotatable bonds is 3. The van der Waals surface area contributed by atoms with Crippen molar-refractivity contribution in [3.63, 3.8) is 0 Å². The molecule has 3 aromatic rings. The van der Waals surface area contributed by atoms with E-state index in [1.165, 1.54) is 12.1 Å². The maximum absolute atomic E-state index is 12.8. The molecule has 0 N–H and O–H groups in total. The van der Waals surface area contributed by atoms with E-state index >= 15 is 0 Å². The Morgan fingerprint density at radius 2 is 1.76 bits per heavy atom. The number of hydrogen-bond donors (Lipinski definition) is 0. The van der Waals surface area contributed by atoms with Gasteiger partial charge in [0.05, 0.1) is 5.75 Å². The summed E-state index contributed by atoms with van der Waals surface area (Å²) in [6.07, 6.45) is 0. The average molecular weight is 543 g/mol. The summed E-state index contributed by atoms with van der Waals surface area (Å²) >= 11 is 19.5. The smallest absolute Gasteiger partial charge is 0.251 e. The Labute approximate surface area is 174 Å². The van der Waals surface area contributed by atoms with Gasteiger partial charge >= 0.3 is 0 Å². The molecule has 9 heteroatoms. The minimum absolute atomic E-state index is 0.237. The molecule has 0 radical (unpaired) electrons. The van der Waals surface area contributed by atoms with Gasteiger partial charge in [0, 0.05) is 29.1 Å². The predicted octanol–water partition coefficient (Wildman–Crippen LogP) is 6.07. The van der Waals surface area contributed by atoms with Crippen LogP contribution in [0, 0.1) is 0 Å². The number of sulfone groups is 1. The van der Waals surface area contributed by atoms with Crippen LogP contribution in [0.15, 0.2) is 55.0 Å². The molecule has 0 saturated carbocycles. The lowest BCUT2D eigenvalue weighted by atomic mass is 10.2. The molecule has 0 fully saturated rings. The Morgan fingerprint density at radius 3 is 2.44 bits per heavy atom. The van der Waals surface area contributed by atoms with Crippen LogP contribution in [0.3, 0.4) is 0 Å². The van der Waals surface area contributed by atoms with Crippen LogP contribution in [0.5, 0.6) is 0 Å². The molecular formula is C16H8Br2Cl2O3S2. The second-order valence-electron chi connectivity index (χ2n) is 5.19. The molecule has 1 aromatic heterocycles. The molecule has 0 atom stereocenters. The highest BCUT2D eigenvalue weighted by molar-refractivity contribution is 9.11. The molecule has 0 spiro atoms. The van der Waals surface area contributed by atoms with Gasteiger partial charge in [0.1, 0.15) is 4.90 Å². The Kier molecular flexibility index (Phi) is 5.63. The van der Waals surface area contributed by atoms with Crippen LogP contribution >= 0.6 is 66.4 Å². The Hall–Kier alpha value is -0.440. The highest BCUT2D eigenvalue weighted by Gasteiger charge is 2.22. The zero-order valence-electron chi connectivity index (χ0n) is 12.2. The van der Waals surface area contributed by atoms with E-state index in [0.717, 1.165) is 15.8 Å². The molecule has 0 saturated heterocycles. The molecule has 25 heavy (non-hydrogen) atoms. The van der Waals surface area contributed by atoms with Gasteiger partial charge in [0.15, 0.2) is 9.84 Å². The van der Waals surface area contributed by atoms with E-state index in [0.29, 0.717) is 25.1 Å². The fourth-order valence-corrected chi connectivity index (χ4v) is 7.14. The molecule has 0 aliphatic heterocycles. The maximum Gasteiger partial charge on any atom is 0.251 e. The van der Waals surface area contributed by atoms with E-state index in [1.807, 2.05) is 0 Å². The lowest BCUT2D eigenvalue weighted by Crippen LogP contribution is -2.14. The van der Waals surface area contributed by atoms with Gasteiger partial charge in [-0.1, -0.05) is 72.5 Å². The topological polar surface area (TPSA) is 51.2 Å². The third-order valence-electron chi connectivity index (χ3n) is 3.43. The van der Waals surface area contributed by atoms with Crippen molar-refractivity contribution < 1.29 is 8.42 Å². The number of hydrogen-bond acceptors (Lipinski definition) is 4. The van der Waals surface area contributed by atoms with Crippen LogP contribution in [-0.2, 0) is 15.6 Å². The van der Waals surface area contributed by atoms with E-state index in [1.54, 1.807) is 24.3 Å². The van der Waals surface area contributed by atoms with Gasteiger partial charge in [-0.25, -0.2) is 8.42 Å². The molecule has 0 bridgehead atoms. The van der Waals surface area contributed by atoms with Crippen LogP contribution in [0.2, 0.25) is 10.0 Å². The predicted molar refractivity (Wildman–Crippen MR) is 111 cm³/mol. The van der Waals surface area contributed by atoms with E-state index in [9.17, 15) is 13.2 Å². The molecule has 130 valence electrons. The van der Waals surface area contributed by atoms with Gasteiger partial charge in [-0.15, -0.1) is 0 Å². The molecule has 0 amide bonds. The average Bonchev–Trinajstić information content (AvgIpc) is 2.49. The molecule has 2 aromatic carbocycles. The van der Waals surface area contributed by atoms with Crippen LogP contribution in [0.25, 0.3) is 10.1 Å². The van der Waals surface area contributed by atoms with Gasteiger partial charge in [-0.3, -0.25) is 4.79 Å². The first-order chi connectivity index (χ1) is 11.7. The van der Waals surface area contributed by atoms with Crippen LogP contribution in [-0.4, -0.2) is 8.42 Å². The summed E-state index contributed by atoms with van der Waals surface area (Å²) in [6, 6.07) is 9.56. The third-order valence-corrected chi connectivity index (χ3v) is 7.89. The van der Waals surface area contributed by atoms with Gasteiger partial charge < -0.3 is 0 Å². The number of fused-ring (bicyclic) bond motifs is 1. The minimum Gasteiger partial charge on any atom is -0.276 e. The Balaban J connectivity index is 2.14. The van der Waals surface area contributed by atoms with Crippen molar-refractivity contribution >= 4 is 86.3 Å². The van der Waals surface area contributed by atoms with Gasteiger partial charge in [-0.2, -0.15) is 0 Å². The van der Waals surface area contributed by atoms with Crippen LogP contribution in [0.1, 0.15) is 5.56 Å². The first-order valence-corrected chi connectivity index (χ1v) is 11.6. The lowest BCUT2D eigenvalue weighted by molar-refractivity contribution is 0.595. The maximum atomic E-state index is 12.8. The summed E-state index contributed by atoms with van der Waals surface area (Å²) < 4.78 is 27.2. The van der Waals surface area contributed by atoms with E-state index < -0.39 is 14.6 Å². The van der Waals surface area contributed by atoms with Crippen molar-refractivity contribution in [3.8, 4) is 0 Å². The van der Waals surface area contributed by atoms with Gasteiger partial charge in [-0.05, 0) is 35.9 Å². The zero-order valence-corrected chi connectivity index (χ0v) is 18.5. The quantitative estimate of drug-likeness (QED) is 0.404. The summed E-state index contributed by atoms with van der Waals surface area (Å²) in [5, 5.41) is 1.32. The summed E-state index contributed by atoms with van der Waals surface area (Å²) in [5.41, 5.74) is 0.394. The molecule has 1 heterocycles. The lowest BCUT2D eigenvalue weighted by Gasteiger charge is -2.08. The van der Waals surface area contributed by atoms with E-state index in [-0.39, 0.29) is 15.7 Å². The van der Waals surface area contributed by atoms with Crippen molar-refractivity contribution in [3.05, 3.63) is 70.5 Å². The standard InChI is InChI=1S/C16H8Br2Cl2O3S2/c17-9-3-12(18)11-6-15(16(21)24-14(11)4-9)25(22,23)7-8-1-2-10(19)5-13(8)20/h1-6H,7H2. The fourth-order valence-electron chi connectivity index (χ4n) is 2.26. The second kappa shape index (κ2) is 7.29. The van der Waals surface area contributed by atoms with Crippen LogP contribution in [0.4, 0.5) is 0 Å². The first kappa shape index (κ1) is 19.3. The molecule has 0 unspecified atom stereocenters. The normalized spacial score (nSPS) is 11.8.